The number of rotatable bonds is 6. The molecule has 0 bridgehead atoms. The summed E-state index contributed by atoms with van der Waals surface area (Å²) in [5.74, 6) is -0.0729. The van der Waals surface area contributed by atoms with Crippen LogP contribution in [-0.4, -0.2) is 34.9 Å². The fraction of sp³-hybridized carbons (Fsp3) is 0.765. The van der Waals surface area contributed by atoms with Crippen molar-refractivity contribution in [3.8, 4) is 0 Å². The van der Waals surface area contributed by atoms with Gasteiger partial charge in [-0.3, -0.25) is 9.48 Å². The second-order valence-corrected chi connectivity index (χ2v) is 6.53. The highest BCUT2D eigenvalue weighted by molar-refractivity contribution is 5.92. The third kappa shape index (κ3) is 3.51. The minimum absolute atomic E-state index is 0.00580. The molecule has 22 heavy (non-hydrogen) atoms. The maximum absolute atomic E-state index is 12.5. The SMILES string of the molecule is CCC(CC)n1ccc(C(=O)NC2CCOCC2(C)CC)n1. The van der Waals surface area contributed by atoms with E-state index in [1.54, 1.807) is 0 Å². The highest BCUT2D eigenvalue weighted by Gasteiger charge is 2.37. The van der Waals surface area contributed by atoms with Crippen LogP contribution in [-0.2, 0) is 4.74 Å². The van der Waals surface area contributed by atoms with Crippen LogP contribution in [0.2, 0.25) is 0 Å². The first-order valence-electron chi connectivity index (χ1n) is 8.47. The summed E-state index contributed by atoms with van der Waals surface area (Å²) in [6.45, 7) is 10.0. The van der Waals surface area contributed by atoms with Gasteiger partial charge in [-0.1, -0.05) is 27.7 Å². The van der Waals surface area contributed by atoms with Crippen molar-refractivity contribution in [1.82, 2.24) is 15.1 Å². The average molecular weight is 307 g/mol. The van der Waals surface area contributed by atoms with Crippen molar-refractivity contribution in [3.05, 3.63) is 18.0 Å². The Hall–Kier alpha value is -1.36. The highest BCUT2D eigenvalue weighted by atomic mass is 16.5. The Morgan fingerprint density at radius 1 is 1.50 bits per heavy atom. The first-order valence-corrected chi connectivity index (χ1v) is 8.47. The minimum atomic E-state index is -0.0729. The molecule has 1 aromatic rings. The molecular formula is C17H29N3O2. The van der Waals surface area contributed by atoms with Crippen LogP contribution in [0.15, 0.2) is 12.3 Å². The fourth-order valence-electron chi connectivity index (χ4n) is 3.11. The maximum Gasteiger partial charge on any atom is 0.272 e. The topological polar surface area (TPSA) is 56.2 Å². The quantitative estimate of drug-likeness (QED) is 0.878. The van der Waals surface area contributed by atoms with Crippen molar-refractivity contribution >= 4 is 5.91 Å². The Kier molecular flexibility index (Phi) is 5.62. The van der Waals surface area contributed by atoms with Gasteiger partial charge in [0.25, 0.3) is 5.91 Å². The lowest BCUT2D eigenvalue weighted by molar-refractivity contribution is -0.0235. The van der Waals surface area contributed by atoms with E-state index in [1.165, 1.54) is 0 Å². The predicted molar refractivity (Wildman–Crippen MR) is 86.9 cm³/mol. The predicted octanol–water partition coefficient (Wildman–Crippen LogP) is 3.18. The van der Waals surface area contributed by atoms with Gasteiger partial charge in [0.05, 0.1) is 12.6 Å². The first kappa shape index (κ1) is 17.0. The molecular weight excluding hydrogens is 278 g/mol. The molecule has 124 valence electrons. The normalized spacial score (nSPS) is 25.4. The summed E-state index contributed by atoms with van der Waals surface area (Å²) in [5, 5.41) is 7.63. The lowest BCUT2D eigenvalue weighted by atomic mass is 9.77. The van der Waals surface area contributed by atoms with Gasteiger partial charge in [0.15, 0.2) is 0 Å². The third-order valence-electron chi connectivity index (χ3n) is 5.09. The summed E-state index contributed by atoms with van der Waals surface area (Å²) in [6, 6.07) is 2.33. The number of nitrogens with one attached hydrogen (secondary N) is 1. The van der Waals surface area contributed by atoms with E-state index in [-0.39, 0.29) is 17.4 Å². The molecule has 2 heterocycles. The number of aromatic nitrogens is 2. The maximum atomic E-state index is 12.5. The summed E-state index contributed by atoms with van der Waals surface area (Å²) >= 11 is 0. The lowest BCUT2D eigenvalue weighted by Crippen LogP contribution is -2.51. The molecule has 1 saturated heterocycles. The zero-order chi connectivity index (χ0) is 16.2. The van der Waals surface area contributed by atoms with E-state index in [4.69, 9.17) is 4.74 Å². The van der Waals surface area contributed by atoms with Gasteiger partial charge in [0, 0.05) is 24.3 Å². The van der Waals surface area contributed by atoms with Gasteiger partial charge in [-0.2, -0.15) is 5.10 Å². The molecule has 1 fully saturated rings. The van der Waals surface area contributed by atoms with Crippen LogP contribution in [0.1, 0.15) is 69.9 Å². The smallest absolute Gasteiger partial charge is 0.272 e. The molecule has 1 N–H and O–H groups in total. The van der Waals surface area contributed by atoms with E-state index >= 15 is 0 Å². The minimum Gasteiger partial charge on any atom is -0.381 e. The zero-order valence-corrected chi connectivity index (χ0v) is 14.3. The summed E-state index contributed by atoms with van der Waals surface area (Å²) in [7, 11) is 0. The van der Waals surface area contributed by atoms with E-state index in [2.05, 4.69) is 38.1 Å². The number of ether oxygens (including phenoxy) is 1. The van der Waals surface area contributed by atoms with Crippen LogP contribution in [0.3, 0.4) is 0 Å². The summed E-state index contributed by atoms with van der Waals surface area (Å²) in [6.07, 6.45) is 5.80. The van der Waals surface area contributed by atoms with Crippen molar-refractivity contribution in [2.45, 2.75) is 65.5 Å². The number of amides is 1. The lowest BCUT2D eigenvalue weighted by Gasteiger charge is -2.40. The number of nitrogens with zero attached hydrogens (tertiary/aromatic N) is 2. The Morgan fingerprint density at radius 2 is 2.23 bits per heavy atom. The molecule has 0 aliphatic carbocycles. The van der Waals surface area contributed by atoms with Crippen LogP contribution < -0.4 is 5.32 Å². The first-order chi connectivity index (χ1) is 10.5. The third-order valence-corrected chi connectivity index (χ3v) is 5.09. The van der Waals surface area contributed by atoms with Crippen LogP contribution in [0.4, 0.5) is 0 Å². The second kappa shape index (κ2) is 7.27. The van der Waals surface area contributed by atoms with Gasteiger partial charge in [0.2, 0.25) is 0 Å². The van der Waals surface area contributed by atoms with E-state index < -0.39 is 0 Å². The van der Waals surface area contributed by atoms with E-state index in [0.717, 1.165) is 25.7 Å². The largest absolute Gasteiger partial charge is 0.381 e. The molecule has 2 rings (SSSR count). The molecule has 0 radical (unpaired) electrons. The fourth-order valence-corrected chi connectivity index (χ4v) is 3.11. The Labute approximate surface area is 133 Å². The molecule has 0 aromatic carbocycles. The Morgan fingerprint density at radius 3 is 2.86 bits per heavy atom. The van der Waals surface area contributed by atoms with Gasteiger partial charge < -0.3 is 10.1 Å². The highest BCUT2D eigenvalue weighted by Crippen LogP contribution is 2.31. The van der Waals surface area contributed by atoms with Crippen LogP contribution in [0.5, 0.6) is 0 Å². The average Bonchev–Trinajstić information content (AvgIpc) is 3.01. The van der Waals surface area contributed by atoms with Gasteiger partial charge in [-0.25, -0.2) is 0 Å². The van der Waals surface area contributed by atoms with Crippen LogP contribution in [0.25, 0.3) is 0 Å². The second-order valence-electron chi connectivity index (χ2n) is 6.53. The van der Waals surface area contributed by atoms with Crippen LogP contribution in [0, 0.1) is 5.41 Å². The van der Waals surface area contributed by atoms with E-state index in [1.807, 2.05) is 16.9 Å². The van der Waals surface area contributed by atoms with Crippen LogP contribution >= 0.6 is 0 Å². The van der Waals surface area contributed by atoms with Crippen molar-refractivity contribution in [3.63, 3.8) is 0 Å². The zero-order valence-electron chi connectivity index (χ0n) is 14.3. The molecule has 5 heteroatoms. The standard InChI is InChI=1S/C17H29N3O2/c1-5-13(6-2)20-10-8-14(19-20)16(21)18-15-9-11-22-12-17(15,4)7-3/h8,10,13,15H,5-7,9,11-12H2,1-4H3,(H,18,21). The van der Waals surface area contributed by atoms with Crippen molar-refractivity contribution in [1.29, 1.82) is 0 Å². The van der Waals surface area contributed by atoms with E-state index in [9.17, 15) is 4.79 Å². The molecule has 1 aliphatic rings. The van der Waals surface area contributed by atoms with Gasteiger partial charge in [-0.05, 0) is 31.7 Å². The molecule has 1 amide bonds. The Balaban J connectivity index is 2.05. The Bertz CT molecular complexity index is 496. The number of carbonyl (C=O) groups is 1. The molecule has 1 aliphatic heterocycles. The number of hydrogen-bond donors (Lipinski definition) is 1. The molecule has 0 saturated carbocycles. The van der Waals surface area contributed by atoms with Crippen molar-refractivity contribution < 1.29 is 9.53 Å². The van der Waals surface area contributed by atoms with Gasteiger partial charge in [0.1, 0.15) is 5.69 Å². The molecule has 1 aromatic heterocycles. The van der Waals surface area contributed by atoms with E-state index in [0.29, 0.717) is 24.9 Å². The van der Waals surface area contributed by atoms with Gasteiger partial charge in [-0.15, -0.1) is 0 Å². The summed E-state index contributed by atoms with van der Waals surface area (Å²) < 4.78 is 7.50. The van der Waals surface area contributed by atoms with Gasteiger partial charge >= 0.3 is 0 Å². The monoisotopic (exact) mass is 307 g/mol. The number of carbonyl (C=O) groups excluding carboxylic acids is 1. The molecule has 0 spiro atoms. The van der Waals surface area contributed by atoms with Crippen molar-refractivity contribution in [2.75, 3.05) is 13.2 Å². The molecule has 2 unspecified atom stereocenters. The molecule has 2 atom stereocenters. The summed E-state index contributed by atoms with van der Waals surface area (Å²) in [4.78, 5) is 12.5. The number of hydrogen-bond acceptors (Lipinski definition) is 3. The summed E-state index contributed by atoms with van der Waals surface area (Å²) in [5.41, 5.74) is 0.517. The van der Waals surface area contributed by atoms with Crippen molar-refractivity contribution in [2.24, 2.45) is 5.41 Å². The molecule has 5 nitrogen and oxygen atoms in total.